The van der Waals surface area contributed by atoms with Crippen LogP contribution in [0.15, 0.2) is 4.99 Å². The largest absolute Gasteiger partial charge is 0.357 e. The standard InChI is InChI=1S/C16H34N6O.HI/c1-6-17-16(19-13-15(23)20(4)5)18-12-14(3)22-10-8-21(7-2)9-11-22;/h14H,6-13H2,1-5H3,(H2,17,18,19);1H. The molecule has 1 unspecified atom stereocenters. The van der Waals surface area contributed by atoms with Gasteiger partial charge in [-0.2, -0.15) is 0 Å². The van der Waals surface area contributed by atoms with Crippen LogP contribution in [0.25, 0.3) is 0 Å². The van der Waals surface area contributed by atoms with Crippen molar-refractivity contribution in [2.45, 2.75) is 26.8 Å². The molecule has 0 aromatic carbocycles. The average molecular weight is 454 g/mol. The van der Waals surface area contributed by atoms with E-state index in [1.165, 1.54) is 0 Å². The second-order valence-electron chi connectivity index (χ2n) is 6.18. The van der Waals surface area contributed by atoms with Gasteiger partial charge in [0.1, 0.15) is 6.54 Å². The molecule has 0 bridgehead atoms. The summed E-state index contributed by atoms with van der Waals surface area (Å²) in [5, 5.41) is 6.54. The highest BCUT2D eigenvalue weighted by Gasteiger charge is 2.20. The van der Waals surface area contributed by atoms with Crippen LogP contribution in [0.5, 0.6) is 0 Å². The van der Waals surface area contributed by atoms with Crippen LogP contribution in [0.1, 0.15) is 20.8 Å². The van der Waals surface area contributed by atoms with E-state index < -0.39 is 0 Å². The number of rotatable bonds is 7. The Balaban J connectivity index is 0.00000529. The van der Waals surface area contributed by atoms with Crippen LogP contribution in [-0.4, -0.2) is 99.1 Å². The van der Waals surface area contributed by atoms with Crippen LogP contribution in [0.2, 0.25) is 0 Å². The van der Waals surface area contributed by atoms with Crippen LogP contribution in [0.4, 0.5) is 0 Å². The highest BCUT2D eigenvalue weighted by molar-refractivity contribution is 14.0. The normalized spacial score (nSPS) is 17.8. The monoisotopic (exact) mass is 454 g/mol. The number of aliphatic imine (C=N–C) groups is 1. The molecule has 24 heavy (non-hydrogen) atoms. The van der Waals surface area contributed by atoms with Crippen LogP contribution in [0.3, 0.4) is 0 Å². The van der Waals surface area contributed by atoms with Crippen molar-refractivity contribution in [2.75, 3.05) is 66.5 Å². The zero-order valence-corrected chi connectivity index (χ0v) is 18.2. The summed E-state index contributed by atoms with van der Waals surface area (Å²) in [5.74, 6) is 0.715. The number of likely N-dealkylation sites (N-methyl/N-ethyl adjacent to an activating group) is 2. The van der Waals surface area contributed by atoms with Crippen LogP contribution in [-0.2, 0) is 4.79 Å². The van der Waals surface area contributed by atoms with E-state index in [4.69, 9.17) is 0 Å². The van der Waals surface area contributed by atoms with E-state index in [0.717, 1.165) is 45.8 Å². The molecule has 8 heteroatoms. The fourth-order valence-corrected chi connectivity index (χ4v) is 2.52. The second kappa shape index (κ2) is 12.7. The number of hydrogen-bond donors (Lipinski definition) is 2. The van der Waals surface area contributed by atoms with Gasteiger partial charge in [0.15, 0.2) is 5.96 Å². The maximum absolute atomic E-state index is 11.6. The summed E-state index contributed by atoms with van der Waals surface area (Å²) >= 11 is 0. The summed E-state index contributed by atoms with van der Waals surface area (Å²) < 4.78 is 0. The molecule has 142 valence electrons. The lowest BCUT2D eigenvalue weighted by atomic mass is 10.2. The minimum absolute atomic E-state index is 0. The van der Waals surface area contributed by atoms with Gasteiger partial charge in [-0.15, -0.1) is 24.0 Å². The van der Waals surface area contributed by atoms with Crippen LogP contribution < -0.4 is 10.6 Å². The molecule has 1 heterocycles. The smallest absolute Gasteiger partial charge is 0.243 e. The number of piperazine rings is 1. The van der Waals surface area contributed by atoms with E-state index in [1.807, 2.05) is 6.92 Å². The third kappa shape index (κ3) is 8.48. The first-order chi connectivity index (χ1) is 11.0. The Bertz CT molecular complexity index is 383. The molecule has 7 nitrogen and oxygen atoms in total. The lowest BCUT2D eigenvalue weighted by Crippen LogP contribution is -2.53. The molecule has 1 saturated heterocycles. The first-order valence-corrected chi connectivity index (χ1v) is 8.66. The molecule has 1 fully saturated rings. The first-order valence-electron chi connectivity index (χ1n) is 8.66. The third-order valence-corrected chi connectivity index (χ3v) is 4.26. The van der Waals surface area contributed by atoms with Crippen molar-refractivity contribution in [1.29, 1.82) is 0 Å². The summed E-state index contributed by atoms with van der Waals surface area (Å²) in [6.45, 7) is 13.9. The number of nitrogens with one attached hydrogen (secondary N) is 2. The van der Waals surface area contributed by atoms with Crippen molar-refractivity contribution in [1.82, 2.24) is 25.3 Å². The van der Waals surface area contributed by atoms with Crippen molar-refractivity contribution in [3.63, 3.8) is 0 Å². The topological polar surface area (TPSA) is 63.2 Å². The Hall–Kier alpha value is -0.610. The summed E-state index contributed by atoms with van der Waals surface area (Å²) in [5.41, 5.74) is 0. The van der Waals surface area contributed by atoms with Gasteiger partial charge in [0.2, 0.25) is 5.91 Å². The van der Waals surface area contributed by atoms with Gasteiger partial charge < -0.3 is 20.4 Å². The number of carbonyl (C=O) groups is 1. The third-order valence-electron chi connectivity index (χ3n) is 4.26. The molecule has 0 aliphatic carbocycles. The van der Waals surface area contributed by atoms with Crippen LogP contribution in [0, 0.1) is 0 Å². The summed E-state index contributed by atoms with van der Waals surface area (Å²) in [6.07, 6.45) is 0. The Morgan fingerprint density at radius 3 is 2.29 bits per heavy atom. The van der Waals surface area contributed by atoms with Crippen molar-refractivity contribution in [3.8, 4) is 0 Å². The molecule has 1 rings (SSSR count). The van der Waals surface area contributed by atoms with Crippen molar-refractivity contribution in [3.05, 3.63) is 0 Å². The Kier molecular flexibility index (Phi) is 12.4. The number of nitrogens with zero attached hydrogens (tertiary/aromatic N) is 4. The minimum Gasteiger partial charge on any atom is -0.357 e. The Labute approximate surface area is 164 Å². The maximum Gasteiger partial charge on any atom is 0.243 e. The summed E-state index contributed by atoms with van der Waals surface area (Å²) in [6, 6.07) is 0.447. The maximum atomic E-state index is 11.6. The fraction of sp³-hybridized carbons (Fsp3) is 0.875. The lowest BCUT2D eigenvalue weighted by Gasteiger charge is -2.37. The van der Waals surface area contributed by atoms with Crippen molar-refractivity contribution in [2.24, 2.45) is 4.99 Å². The predicted molar refractivity (Wildman–Crippen MR) is 111 cm³/mol. The highest BCUT2D eigenvalue weighted by atomic mass is 127. The van der Waals surface area contributed by atoms with E-state index in [9.17, 15) is 4.79 Å². The minimum atomic E-state index is 0. The molecule has 1 atom stereocenters. The number of halogens is 1. The zero-order valence-electron chi connectivity index (χ0n) is 15.8. The molecule has 0 aromatic heterocycles. The number of carbonyl (C=O) groups excluding carboxylic acids is 1. The molecular weight excluding hydrogens is 419 g/mol. The number of amides is 1. The zero-order chi connectivity index (χ0) is 17.2. The number of guanidine groups is 1. The first kappa shape index (κ1) is 23.4. The van der Waals surface area contributed by atoms with Gasteiger partial charge >= 0.3 is 0 Å². The quantitative estimate of drug-likeness (QED) is 0.329. The lowest BCUT2D eigenvalue weighted by molar-refractivity contribution is -0.127. The van der Waals surface area contributed by atoms with Gasteiger partial charge in [0, 0.05) is 59.4 Å². The Morgan fingerprint density at radius 2 is 1.79 bits per heavy atom. The molecule has 0 spiro atoms. The summed E-state index contributed by atoms with van der Waals surface area (Å²) in [4.78, 5) is 22.5. The van der Waals surface area contributed by atoms with E-state index in [1.54, 1.807) is 19.0 Å². The molecule has 2 N–H and O–H groups in total. The van der Waals surface area contributed by atoms with Gasteiger partial charge in [-0.1, -0.05) is 6.92 Å². The molecule has 0 saturated carbocycles. The van der Waals surface area contributed by atoms with Crippen molar-refractivity contribution < 1.29 is 4.79 Å². The second-order valence-corrected chi connectivity index (χ2v) is 6.18. The predicted octanol–water partition coefficient (Wildman–Crippen LogP) is 0.274. The van der Waals surface area contributed by atoms with Gasteiger partial charge in [-0.05, 0) is 20.4 Å². The van der Waals surface area contributed by atoms with Gasteiger partial charge in [0.25, 0.3) is 0 Å². The van der Waals surface area contributed by atoms with Crippen LogP contribution >= 0.6 is 24.0 Å². The van der Waals surface area contributed by atoms with Gasteiger partial charge in [-0.25, -0.2) is 4.99 Å². The number of hydrogen-bond acceptors (Lipinski definition) is 4. The van der Waals surface area contributed by atoms with E-state index >= 15 is 0 Å². The van der Waals surface area contributed by atoms with Gasteiger partial charge in [-0.3, -0.25) is 9.69 Å². The van der Waals surface area contributed by atoms with E-state index in [-0.39, 0.29) is 36.4 Å². The molecular formula is C16H35IN6O. The molecule has 1 aliphatic rings. The molecule has 1 amide bonds. The average Bonchev–Trinajstić information content (AvgIpc) is 2.56. The molecule has 0 radical (unpaired) electrons. The van der Waals surface area contributed by atoms with Gasteiger partial charge in [0.05, 0.1) is 0 Å². The summed E-state index contributed by atoms with van der Waals surface area (Å²) in [7, 11) is 3.49. The van der Waals surface area contributed by atoms with E-state index in [2.05, 4.69) is 39.3 Å². The fourth-order valence-electron chi connectivity index (χ4n) is 2.52. The SMILES string of the molecule is CCNC(=NCC(=O)N(C)C)NCC(C)N1CCN(CC)CC1.I. The van der Waals surface area contributed by atoms with Crippen molar-refractivity contribution >= 4 is 35.8 Å². The van der Waals surface area contributed by atoms with E-state index in [0.29, 0.717) is 12.0 Å². The Morgan fingerprint density at radius 1 is 1.17 bits per heavy atom. The highest BCUT2D eigenvalue weighted by Crippen LogP contribution is 2.05. The molecule has 0 aromatic rings. The molecule has 1 aliphatic heterocycles.